The van der Waals surface area contributed by atoms with Crippen LogP contribution in [0.1, 0.15) is 174 Å². The summed E-state index contributed by atoms with van der Waals surface area (Å²) in [5.41, 5.74) is 0. The molecule has 1 fully saturated rings. The van der Waals surface area contributed by atoms with E-state index in [0.717, 1.165) is 83.5 Å². The van der Waals surface area contributed by atoms with E-state index in [1.165, 1.54) is 70.6 Å². The average molecular weight is 816 g/mol. The third-order valence-electron chi connectivity index (χ3n) is 10.5. The number of aliphatic hydroxyl groups excluding tert-OH is 5. The standard InChI is InChI=1S/C49H85NO8/c1-3-5-7-9-11-13-15-16-17-18-19-20-21-22-23-24-25-26-27-28-29-31-33-35-37-39-45(53)50-42(41-57-49-48(56)47(55)46(54)44(40-51)58-49)43(52)38-36-34-32-30-14-12-10-8-6-4-2/h5,7,11,13,16-17,19-20,22-23,36,38,42-44,46-49,51-52,54-56H,3-4,6,8-10,12,14-15,18,21,24-35,37,39-41H2,1-2H3,(H,50,53)/b7-5-,13-11-,17-16-,20-19-,23-22-,38-36+. The van der Waals surface area contributed by atoms with E-state index in [4.69, 9.17) is 9.47 Å². The van der Waals surface area contributed by atoms with Crippen LogP contribution in [-0.2, 0) is 14.3 Å². The molecular formula is C49H85NO8. The smallest absolute Gasteiger partial charge is 0.220 e. The fourth-order valence-corrected chi connectivity index (χ4v) is 6.83. The maximum atomic E-state index is 12.9. The summed E-state index contributed by atoms with van der Waals surface area (Å²) < 4.78 is 11.2. The van der Waals surface area contributed by atoms with E-state index >= 15 is 0 Å². The zero-order valence-corrected chi connectivity index (χ0v) is 36.5. The first-order chi connectivity index (χ1) is 28.3. The van der Waals surface area contributed by atoms with Crippen LogP contribution in [0.15, 0.2) is 72.9 Å². The number of carbonyl (C=O) groups excluding carboxylic acids is 1. The summed E-state index contributed by atoms with van der Waals surface area (Å²) in [5.74, 6) is -0.189. The maximum Gasteiger partial charge on any atom is 0.220 e. The zero-order chi connectivity index (χ0) is 42.3. The third-order valence-corrected chi connectivity index (χ3v) is 10.5. The van der Waals surface area contributed by atoms with E-state index < -0.39 is 49.5 Å². The van der Waals surface area contributed by atoms with Gasteiger partial charge in [-0.1, -0.05) is 177 Å². The van der Waals surface area contributed by atoms with E-state index in [9.17, 15) is 30.3 Å². The molecule has 0 aromatic heterocycles. The van der Waals surface area contributed by atoms with Crippen molar-refractivity contribution in [1.29, 1.82) is 0 Å². The molecule has 334 valence electrons. The summed E-state index contributed by atoms with van der Waals surface area (Å²) >= 11 is 0. The van der Waals surface area contributed by atoms with Crippen molar-refractivity contribution >= 4 is 5.91 Å². The zero-order valence-electron chi connectivity index (χ0n) is 36.5. The number of allylic oxidation sites excluding steroid dienone is 11. The Balaban J connectivity index is 2.27. The minimum atomic E-state index is -1.57. The van der Waals surface area contributed by atoms with Gasteiger partial charge in [-0.25, -0.2) is 0 Å². The first kappa shape index (κ1) is 53.6. The molecule has 9 heteroatoms. The molecule has 1 amide bonds. The molecule has 1 saturated heterocycles. The highest BCUT2D eigenvalue weighted by molar-refractivity contribution is 5.76. The lowest BCUT2D eigenvalue weighted by Crippen LogP contribution is -2.60. The van der Waals surface area contributed by atoms with Crippen molar-refractivity contribution in [2.24, 2.45) is 0 Å². The van der Waals surface area contributed by atoms with Crippen molar-refractivity contribution in [2.75, 3.05) is 13.2 Å². The molecule has 6 N–H and O–H groups in total. The van der Waals surface area contributed by atoms with Gasteiger partial charge in [-0.15, -0.1) is 0 Å². The monoisotopic (exact) mass is 816 g/mol. The van der Waals surface area contributed by atoms with E-state index in [1.807, 2.05) is 6.08 Å². The summed E-state index contributed by atoms with van der Waals surface area (Å²) in [6.07, 6.45) is 45.2. The largest absolute Gasteiger partial charge is 0.394 e. The molecule has 0 spiro atoms. The Morgan fingerprint density at radius 2 is 1.07 bits per heavy atom. The van der Waals surface area contributed by atoms with Gasteiger partial charge in [0.25, 0.3) is 0 Å². The van der Waals surface area contributed by atoms with Gasteiger partial charge < -0.3 is 40.3 Å². The highest BCUT2D eigenvalue weighted by atomic mass is 16.7. The van der Waals surface area contributed by atoms with E-state index in [1.54, 1.807) is 6.08 Å². The molecule has 0 aromatic carbocycles. The highest BCUT2D eigenvalue weighted by Crippen LogP contribution is 2.22. The number of ether oxygens (including phenoxy) is 2. The van der Waals surface area contributed by atoms with Gasteiger partial charge >= 0.3 is 0 Å². The van der Waals surface area contributed by atoms with Gasteiger partial charge in [0.15, 0.2) is 6.29 Å². The van der Waals surface area contributed by atoms with Gasteiger partial charge in [0.2, 0.25) is 5.91 Å². The second-order valence-corrected chi connectivity index (χ2v) is 15.8. The second-order valence-electron chi connectivity index (χ2n) is 15.8. The number of rotatable bonds is 37. The fraction of sp³-hybridized carbons (Fsp3) is 0.735. The molecule has 1 aliphatic heterocycles. The molecule has 0 aliphatic carbocycles. The van der Waals surface area contributed by atoms with Crippen LogP contribution in [0.2, 0.25) is 0 Å². The van der Waals surface area contributed by atoms with Crippen LogP contribution in [0.25, 0.3) is 0 Å². The third kappa shape index (κ3) is 29.0. The van der Waals surface area contributed by atoms with Crippen LogP contribution in [0.3, 0.4) is 0 Å². The van der Waals surface area contributed by atoms with E-state index in [2.05, 4.69) is 79.9 Å². The lowest BCUT2D eigenvalue weighted by Gasteiger charge is -2.40. The number of unbranched alkanes of at least 4 members (excludes halogenated alkanes) is 17. The molecule has 9 nitrogen and oxygen atoms in total. The molecule has 1 rings (SSSR count). The van der Waals surface area contributed by atoms with Gasteiger partial charge in [-0.05, 0) is 64.2 Å². The lowest BCUT2D eigenvalue weighted by molar-refractivity contribution is -0.302. The maximum absolute atomic E-state index is 12.9. The van der Waals surface area contributed by atoms with Crippen molar-refractivity contribution in [3.8, 4) is 0 Å². The van der Waals surface area contributed by atoms with Crippen molar-refractivity contribution in [3.63, 3.8) is 0 Å². The normalized spacial score (nSPS) is 21.5. The van der Waals surface area contributed by atoms with Crippen LogP contribution < -0.4 is 5.32 Å². The Hall–Kier alpha value is -2.37. The highest BCUT2D eigenvalue weighted by Gasteiger charge is 2.44. The molecule has 0 radical (unpaired) electrons. The van der Waals surface area contributed by atoms with Gasteiger partial charge in [-0.3, -0.25) is 4.79 Å². The topological polar surface area (TPSA) is 149 Å². The Bertz CT molecular complexity index is 1130. The summed E-state index contributed by atoms with van der Waals surface area (Å²) in [5, 5.41) is 54.1. The van der Waals surface area contributed by atoms with Crippen LogP contribution >= 0.6 is 0 Å². The average Bonchev–Trinajstić information content (AvgIpc) is 3.22. The van der Waals surface area contributed by atoms with Gasteiger partial charge in [0.05, 0.1) is 25.4 Å². The number of amides is 1. The Labute approximate surface area is 353 Å². The summed E-state index contributed by atoms with van der Waals surface area (Å²) in [7, 11) is 0. The molecule has 58 heavy (non-hydrogen) atoms. The predicted octanol–water partition coefficient (Wildman–Crippen LogP) is 9.78. The van der Waals surface area contributed by atoms with E-state index in [-0.39, 0.29) is 12.5 Å². The molecule has 0 aromatic rings. The molecule has 7 unspecified atom stereocenters. The lowest BCUT2D eigenvalue weighted by atomic mass is 9.99. The van der Waals surface area contributed by atoms with Crippen LogP contribution in [-0.4, -0.2) is 87.5 Å². The van der Waals surface area contributed by atoms with Crippen molar-refractivity contribution in [1.82, 2.24) is 5.32 Å². The summed E-state index contributed by atoms with van der Waals surface area (Å²) in [4.78, 5) is 12.9. The number of hydrogen-bond donors (Lipinski definition) is 6. The summed E-state index contributed by atoms with van der Waals surface area (Å²) in [6, 6.07) is -0.810. The molecule has 7 atom stereocenters. The van der Waals surface area contributed by atoms with Gasteiger partial charge in [0, 0.05) is 6.42 Å². The van der Waals surface area contributed by atoms with Crippen molar-refractivity contribution < 1.29 is 39.8 Å². The quantitative estimate of drug-likeness (QED) is 0.0268. The minimum Gasteiger partial charge on any atom is -0.394 e. The molecule has 0 saturated carbocycles. The van der Waals surface area contributed by atoms with Gasteiger partial charge in [-0.2, -0.15) is 0 Å². The number of nitrogens with one attached hydrogen (secondary N) is 1. The van der Waals surface area contributed by atoms with Gasteiger partial charge in [0.1, 0.15) is 24.4 Å². The first-order valence-electron chi connectivity index (χ1n) is 23.2. The molecule has 1 aliphatic rings. The Morgan fingerprint density at radius 3 is 1.59 bits per heavy atom. The predicted molar refractivity (Wildman–Crippen MR) is 239 cm³/mol. The van der Waals surface area contributed by atoms with Crippen LogP contribution in [0.5, 0.6) is 0 Å². The second kappa shape index (κ2) is 38.8. The first-order valence-corrected chi connectivity index (χ1v) is 23.2. The minimum absolute atomic E-state index is 0.189. The van der Waals surface area contributed by atoms with Crippen LogP contribution in [0.4, 0.5) is 0 Å². The fourth-order valence-electron chi connectivity index (χ4n) is 6.83. The number of carbonyl (C=O) groups is 1. The van der Waals surface area contributed by atoms with E-state index in [0.29, 0.717) is 6.42 Å². The SMILES string of the molecule is CC/C=C\C/C=C\C/C=C\C/C=C\C/C=C\CCCCCCCCCCCC(=O)NC(COC1OC(CO)C(O)C(O)C1O)C(O)/C=C/CCCCCCCCCC. The molecule has 0 bridgehead atoms. The Kier molecular flexibility index (Phi) is 35.9. The summed E-state index contributed by atoms with van der Waals surface area (Å²) in [6.45, 7) is 3.61. The van der Waals surface area contributed by atoms with Crippen molar-refractivity contribution in [2.45, 2.75) is 217 Å². The molecular weight excluding hydrogens is 731 g/mol. The molecule has 1 heterocycles. The Morgan fingerprint density at radius 1 is 0.603 bits per heavy atom. The van der Waals surface area contributed by atoms with Crippen LogP contribution in [0, 0.1) is 0 Å². The number of hydrogen-bond acceptors (Lipinski definition) is 8. The van der Waals surface area contributed by atoms with Crippen molar-refractivity contribution in [3.05, 3.63) is 72.9 Å². The number of aliphatic hydroxyl groups is 5.